The standard InChI is InChI=1S/C21H17F9N4O2/c22-19(23,24)13-7-10(31)1-2-11(13)17(35)33-3-5-34(6-4-33)18(36)12-8-15(21(28,29)30)16(32)9-14(12)20(25,26)27/h1-2,7-9H,3-6,31-32H2. The molecule has 6 nitrogen and oxygen atoms in total. The van der Waals surface area contributed by atoms with Gasteiger partial charge in [-0.15, -0.1) is 0 Å². The highest BCUT2D eigenvalue weighted by atomic mass is 19.4. The molecule has 0 bridgehead atoms. The molecule has 2 aromatic carbocycles. The molecular weight excluding hydrogens is 511 g/mol. The molecule has 3 rings (SSSR count). The van der Waals surface area contributed by atoms with Gasteiger partial charge in [0.1, 0.15) is 0 Å². The highest BCUT2D eigenvalue weighted by Crippen LogP contribution is 2.40. The Hall–Kier alpha value is -3.65. The fourth-order valence-electron chi connectivity index (χ4n) is 3.71. The van der Waals surface area contributed by atoms with E-state index in [2.05, 4.69) is 0 Å². The van der Waals surface area contributed by atoms with E-state index < -0.39 is 76.9 Å². The van der Waals surface area contributed by atoms with Gasteiger partial charge in [-0.1, -0.05) is 0 Å². The first-order valence-electron chi connectivity index (χ1n) is 10.0. The number of nitrogens with zero attached hydrogens (tertiary/aromatic N) is 2. The van der Waals surface area contributed by atoms with Gasteiger partial charge < -0.3 is 21.3 Å². The minimum Gasteiger partial charge on any atom is -0.399 e. The summed E-state index contributed by atoms with van der Waals surface area (Å²) >= 11 is 0. The molecule has 0 spiro atoms. The number of hydrogen-bond donors (Lipinski definition) is 2. The number of benzene rings is 2. The van der Waals surface area contributed by atoms with Gasteiger partial charge in [0.25, 0.3) is 11.8 Å². The number of nitrogen functional groups attached to an aromatic ring is 2. The normalized spacial score (nSPS) is 15.2. The molecule has 15 heteroatoms. The molecule has 0 atom stereocenters. The van der Waals surface area contributed by atoms with Crippen LogP contribution in [0.1, 0.15) is 37.4 Å². The second-order valence-corrected chi connectivity index (χ2v) is 7.87. The van der Waals surface area contributed by atoms with Crippen molar-refractivity contribution < 1.29 is 49.1 Å². The van der Waals surface area contributed by atoms with Crippen molar-refractivity contribution in [1.82, 2.24) is 9.80 Å². The largest absolute Gasteiger partial charge is 0.418 e. The third kappa shape index (κ3) is 5.44. The van der Waals surface area contributed by atoms with Crippen LogP contribution in [-0.2, 0) is 18.5 Å². The van der Waals surface area contributed by atoms with E-state index in [1.54, 1.807) is 0 Å². The number of carbonyl (C=O) groups excluding carboxylic acids is 2. The van der Waals surface area contributed by atoms with E-state index in [1.807, 2.05) is 0 Å². The fourth-order valence-corrected chi connectivity index (χ4v) is 3.71. The van der Waals surface area contributed by atoms with Crippen molar-refractivity contribution in [2.45, 2.75) is 18.5 Å². The molecule has 0 radical (unpaired) electrons. The third-order valence-electron chi connectivity index (χ3n) is 5.46. The molecule has 2 amide bonds. The lowest BCUT2D eigenvalue weighted by molar-refractivity contribution is -0.141. The second-order valence-electron chi connectivity index (χ2n) is 7.87. The maximum absolute atomic E-state index is 13.4. The maximum atomic E-state index is 13.4. The molecule has 36 heavy (non-hydrogen) atoms. The molecule has 1 fully saturated rings. The minimum atomic E-state index is -5.20. The highest BCUT2D eigenvalue weighted by molar-refractivity contribution is 5.98. The van der Waals surface area contributed by atoms with Crippen LogP contribution in [0.25, 0.3) is 0 Å². The SMILES string of the molecule is Nc1ccc(C(=O)N2CCN(C(=O)c3cc(C(F)(F)F)c(N)cc3C(F)(F)F)CC2)c(C(F)(F)F)c1. The molecule has 0 unspecified atom stereocenters. The van der Waals surface area contributed by atoms with Crippen molar-refractivity contribution >= 4 is 23.2 Å². The average molecular weight is 528 g/mol. The first kappa shape index (κ1) is 26.9. The highest BCUT2D eigenvalue weighted by Gasteiger charge is 2.42. The molecule has 1 heterocycles. The second kappa shape index (κ2) is 9.09. The molecule has 0 aromatic heterocycles. The molecule has 0 aliphatic carbocycles. The average Bonchev–Trinajstić information content (AvgIpc) is 2.76. The monoisotopic (exact) mass is 528 g/mol. The van der Waals surface area contributed by atoms with E-state index in [4.69, 9.17) is 11.5 Å². The van der Waals surface area contributed by atoms with E-state index in [1.165, 1.54) is 0 Å². The molecule has 1 saturated heterocycles. The van der Waals surface area contributed by atoms with E-state index in [0.29, 0.717) is 6.07 Å². The first-order chi connectivity index (χ1) is 16.4. The van der Waals surface area contributed by atoms with E-state index in [0.717, 1.165) is 21.9 Å². The summed E-state index contributed by atoms with van der Waals surface area (Å²) in [5, 5.41) is 0. The van der Waals surface area contributed by atoms with Gasteiger partial charge >= 0.3 is 18.5 Å². The number of amides is 2. The van der Waals surface area contributed by atoms with Crippen molar-refractivity contribution in [1.29, 1.82) is 0 Å². The summed E-state index contributed by atoms with van der Waals surface area (Å²) in [6.45, 7) is -1.64. The summed E-state index contributed by atoms with van der Waals surface area (Å²) in [7, 11) is 0. The fraction of sp³-hybridized carbons (Fsp3) is 0.333. The van der Waals surface area contributed by atoms with Gasteiger partial charge in [-0.2, -0.15) is 39.5 Å². The van der Waals surface area contributed by atoms with Gasteiger partial charge in [0.05, 0.1) is 27.8 Å². The van der Waals surface area contributed by atoms with Gasteiger partial charge in [-0.3, -0.25) is 9.59 Å². The first-order valence-corrected chi connectivity index (χ1v) is 10.0. The summed E-state index contributed by atoms with van der Waals surface area (Å²) in [4.78, 5) is 27.2. The molecular formula is C21H17F9N4O2. The Labute approximate surface area is 197 Å². The van der Waals surface area contributed by atoms with E-state index >= 15 is 0 Å². The van der Waals surface area contributed by atoms with Crippen LogP contribution in [0.3, 0.4) is 0 Å². The number of rotatable bonds is 2. The number of alkyl halides is 9. The number of anilines is 2. The molecule has 0 saturated carbocycles. The Morgan fingerprint density at radius 3 is 1.47 bits per heavy atom. The number of nitrogens with two attached hydrogens (primary N) is 2. The van der Waals surface area contributed by atoms with Crippen LogP contribution in [0, 0.1) is 0 Å². The lowest BCUT2D eigenvalue weighted by Crippen LogP contribution is -2.51. The maximum Gasteiger partial charge on any atom is 0.418 e. The van der Waals surface area contributed by atoms with Crippen molar-refractivity contribution in [2.75, 3.05) is 37.6 Å². The van der Waals surface area contributed by atoms with E-state index in [9.17, 15) is 49.1 Å². The van der Waals surface area contributed by atoms with Crippen LogP contribution < -0.4 is 11.5 Å². The Morgan fingerprint density at radius 2 is 1.03 bits per heavy atom. The Kier molecular flexibility index (Phi) is 6.81. The third-order valence-corrected chi connectivity index (χ3v) is 5.46. The van der Waals surface area contributed by atoms with Crippen LogP contribution >= 0.6 is 0 Å². The predicted octanol–water partition coefficient (Wildman–Crippen LogP) is 4.51. The van der Waals surface area contributed by atoms with E-state index in [-0.39, 0.29) is 30.9 Å². The zero-order valence-electron chi connectivity index (χ0n) is 18.0. The van der Waals surface area contributed by atoms with Crippen LogP contribution in [0.5, 0.6) is 0 Å². The molecule has 1 aliphatic heterocycles. The summed E-state index contributed by atoms with van der Waals surface area (Å²) in [6.07, 6.45) is -15.2. The molecule has 1 aliphatic rings. The number of halogens is 9. The van der Waals surface area contributed by atoms with Crippen LogP contribution in [0.2, 0.25) is 0 Å². The van der Waals surface area contributed by atoms with Crippen LogP contribution in [-0.4, -0.2) is 47.8 Å². The van der Waals surface area contributed by atoms with Crippen molar-refractivity contribution in [3.05, 3.63) is 58.1 Å². The van der Waals surface area contributed by atoms with Crippen molar-refractivity contribution in [2.24, 2.45) is 0 Å². The van der Waals surface area contributed by atoms with Gasteiger partial charge in [-0.05, 0) is 30.3 Å². The smallest absolute Gasteiger partial charge is 0.399 e. The Morgan fingerprint density at radius 1 is 0.611 bits per heavy atom. The summed E-state index contributed by atoms with van der Waals surface area (Å²) < 4.78 is 120. The van der Waals surface area contributed by atoms with Gasteiger partial charge in [-0.25, -0.2) is 0 Å². The summed E-state index contributed by atoms with van der Waals surface area (Å²) in [6, 6.07) is 2.57. The van der Waals surface area contributed by atoms with Gasteiger partial charge in [0.2, 0.25) is 0 Å². The number of carbonyl (C=O) groups is 2. The summed E-state index contributed by atoms with van der Waals surface area (Å²) in [5.74, 6) is -2.46. The zero-order chi connectivity index (χ0) is 27.2. The Balaban J connectivity index is 1.86. The summed E-state index contributed by atoms with van der Waals surface area (Å²) in [5.41, 5.74) is 2.45. The number of hydrogen-bond acceptors (Lipinski definition) is 4. The van der Waals surface area contributed by atoms with Gasteiger partial charge in [0.15, 0.2) is 0 Å². The molecule has 4 N–H and O–H groups in total. The van der Waals surface area contributed by atoms with Gasteiger partial charge in [0, 0.05) is 37.6 Å². The lowest BCUT2D eigenvalue weighted by Gasteiger charge is -2.35. The minimum absolute atomic E-state index is 0.0159. The quantitative estimate of drug-likeness (QED) is 0.444. The Bertz CT molecular complexity index is 1180. The van der Waals surface area contributed by atoms with Crippen molar-refractivity contribution in [3.8, 4) is 0 Å². The van der Waals surface area contributed by atoms with Crippen LogP contribution in [0.15, 0.2) is 30.3 Å². The lowest BCUT2D eigenvalue weighted by atomic mass is 9.99. The topological polar surface area (TPSA) is 92.7 Å². The number of piperazine rings is 1. The molecule has 196 valence electrons. The predicted molar refractivity (Wildman–Crippen MR) is 109 cm³/mol. The van der Waals surface area contributed by atoms with Crippen LogP contribution in [0.4, 0.5) is 50.9 Å². The zero-order valence-corrected chi connectivity index (χ0v) is 18.0. The molecule has 2 aromatic rings. The van der Waals surface area contributed by atoms with Crippen molar-refractivity contribution in [3.63, 3.8) is 0 Å².